The molecule has 140 valence electrons. The summed E-state index contributed by atoms with van der Waals surface area (Å²) in [5.74, 6) is 0.466. The number of rotatable bonds is 3. The lowest BCUT2D eigenvalue weighted by molar-refractivity contribution is 0.298. The third-order valence-corrected chi connectivity index (χ3v) is 6.15. The van der Waals surface area contributed by atoms with Gasteiger partial charge in [-0.3, -0.25) is 9.97 Å². The molecule has 0 bridgehead atoms. The predicted molar refractivity (Wildman–Crippen MR) is 116 cm³/mol. The van der Waals surface area contributed by atoms with Crippen molar-refractivity contribution >= 4 is 17.0 Å². The van der Waals surface area contributed by atoms with E-state index in [1.165, 1.54) is 27.8 Å². The Balaban J connectivity index is 1.37. The van der Waals surface area contributed by atoms with Crippen LogP contribution in [0.1, 0.15) is 40.8 Å². The van der Waals surface area contributed by atoms with Crippen molar-refractivity contribution in [1.82, 2.24) is 14.9 Å². The highest BCUT2D eigenvalue weighted by atomic mass is 15.2. The van der Waals surface area contributed by atoms with Crippen LogP contribution in [-0.2, 0) is 0 Å². The predicted octanol–water partition coefficient (Wildman–Crippen LogP) is 5.56. The van der Waals surface area contributed by atoms with E-state index in [-0.39, 0.29) is 6.04 Å². The summed E-state index contributed by atoms with van der Waals surface area (Å²) >= 11 is 0. The average Bonchev–Trinajstić information content (AvgIpc) is 3.59. The Bertz CT molecular complexity index is 1210. The molecule has 0 saturated heterocycles. The van der Waals surface area contributed by atoms with E-state index in [2.05, 4.69) is 88.9 Å². The van der Waals surface area contributed by atoms with Gasteiger partial charge in [-0.1, -0.05) is 54.6 Å². The minimum absolute atomic E-state index is 0.195. The Hall–Kier alpha value is -3.46. The van der Waals surface area contributed by atoms with Gasteiger partial charge in [-0.25, -0.2) is 0 Å². The van der Waals surface area contributed by atoms with E-state index in [1.54, 1.807) is 0 Å². The van der Waals surface area contributed by atoms with Crippen LogP contribution in [0.2, 0.25) is 0 Å². The maximum atomic E-state index is 4.96. The highest BCUT2D eigenvalue weighted by Gasteiger charge is 2.46. The maximum absolute atomic E-state index is 4.96. The standard InChI is InChI=1S/C26H21N3/c1-3-9-21-18(6-1)13-15-29(26(21)20-8-5-14-27-17-20)25-16-22(25)24-12-11-19-7-2-4-10-23(19)28-24/h1-15,17,22,25-26H,16H2. The van der Waals surface area contributed by atoms with Crippen molar-refractivity contribution in [2.24, 2.45) is 0 Å². The maximum Gasteiger partial charge on any atom is 0.0814 e. The van der Waals surface area contributed by atoms with Crippen LogP contribution in [0.3, 0.4) is 0 Å². The van der Waals surface area contributed by atoms with E-state index < -0.39 is 0 Å². The first-order valence-electron chi connectivity index (χ1n) is 10.2. The first kappa shape index (κ1) is 16.5. The van der Waals surface area contributed by atoms with Gasteiger partial charge in [0.15, 0.2) is 0 Å². The lowest BCUT2D eigenvalue weighted by Crippen LogP contribution is -2.30. The zero-order chi connectivity index (χ0) is 19.2. The summed E-state index contributed by atoms with van der Waals surface area (Å²) in [4.78, 5) is 11.9. The van der Waals surface area contributed by atoms with Crippen molar-refractivity contribution in [3.63, 3.8) is 0 Å². The molecule has 3 atom stereocenters. The zero-order valence-corrected chi connectivity index (χ0v) is 16.0. The number of fused-ring (bicyclic) bond motifs is 2. The highest BCUT2D eigenvalue weighted by Crippen LogP contribution is 2.50. The summed E-state index contributed by atoms with van der Waals surface area (Å²) in [6.07, 6.45) is 9.49. The molecular weight excluding hydrogens is 354 g/mol. The Morgan fingerprint density at radius 3 is 2.69 bits per heavy atom. The summed E-state index contributed by atoms with van der Waals surface area (Å²) < 4.78 is 0. The van der Waals surface area contributed by atoms with E-state index in [9.17, 15) is 0 Å². The van der Waals surface area contributed by atoms with E-state index >= 15 is 0 Å². The molecule has 0 radical (unpaired) electrons. The topological polar surface area (TPSA) is 29.0 Å². The molecule has 1 aliphatic carbocycles. The summed E-state index contributed by atoms with van der Waals surface area (Å²) in [7, 11) is 0. The van der Waals surface area contributed by atoms with Crippen LogP contribution in [0, 0.1) is 0 Å². The van der Waals surface area contributed by atoms with Gasteiger partial charge < -0.3 is 4.90 Å². The molecule has 0 N–H and O–H groups in total. The largest absolute Gasteiger partial charge is 0.363 e. The molecular formula is C26H21N3. The summed E-state index contributed by atoms with van der Waals surface area (Å²) in [6, 6.07) is 26.3. The van der Waals surface area contributed by atoms with Crippen molar-refractivity contribution in [1.29, 1.82) is 0 Å². The fraction of sp³-hybridized carbons (Fsp3) is 0.154. The summed E-state index contributed by atoms with van der Waals surface area (Å²) in [5.41, 5.74) is 6.16. The number of hydrogen-bond acceptors (Lipinski definition) is 3. The van der Waals surface area contributed by atoms with Crippen molar-refractivity contribution in [3.05, 3.63) is 114 Å². The minimum atomic E-state index is 0.195. The molecule has 2 aliphatic rings. The fourth-order valence-electron chi connectivity index (χ4n) is 4.63. The molecule has 0 amide bonds. The minimum Gasteiger partial charge on any atom is -0.363 e. The Morgan fingerprint density at radius 1 is 0.862 bits per heavy atom. The number of hydrogen-bond donors (Lipinski definition) is 0. The zero-order valence-electron chi connectivity index (χ0n) is 16.0. The van der Waals surface area contributed by atoms with Gasteiger partial charge in [-0.15, -0.1) is 0 Å². The molecule has 3 heterocycles. The molecule has 29 heavy (non-hydrogen) atoms. The molecule has 2 aromatic heterocycles. The van der Waals surface area contributed by atoms with E-state index in [1.807, 2.05) is 18.5 Å². The number of nitrogens with zero attached hydrogens (tertiary/aromatic N) is 3. The van der Waals surface area contributed by atoms with Gasteiger partial charge in [-0.2, -0.15) is 0 Å². The molecule has 3 heteroatoms. The second kappa shape index (κ2) is 6.56. The molecule has 0 spiro atoms. The average molecular weight is 375 g/mol. The van der Waals surface area contributed by atoms with Crippen molar-refractivity contribution < 1.29 is 0 Å². The van der Waals surface area contributed by atoms with Gasteiger partial charge in [-0.05, 0) is 47.4 Å². The van der Waals surface area contributed by atoms with Crippen LogP contribution in [-0.4, -0.2) is 20.9 Å². The third-order valence-electron chi connectivity index (χ3n) is 6.15. The molecule has 1 aliphatic heterocycles. The molecule has 4 aromatic rings. The van der Waals surface area contributed by atoms with E-state index in [0.717, 1.165) is 11.9 Å². The van der Waals surface area contributed by atoms with Gasteiger partial charge >= 0.3 is 0 Å². The normalized spacial score (nSPS) is 22.5. The van der Waals surface area contributed by atoms with Gasteiger partial charge in [0, 0.05) is 41.6 Å². The monoisotopic (exact) mass is 375 g/mol. The van der Waals surface area contributed by atoms with Gasteiger partial charge in [0.2, 0.25) is 0 Å². The van der Waals surface area contributed by atoms with Crippen LogP contribution in [0.25, 0.3) is 17.0 Å². The molecule has 3 unspecified atom stereocenters. The fourth-order valence-corrected chi connectivity index (χ4v) is 4.63. The van der Waals surface area contributed by atoms with Crippen molar-refractivity contribution in [3.8, 4) is 0 Å². The summed E-state index contributed by atoms with van der Waals surface area (Å²) in [6.45, 7) is 0. The van der Waals surface area contributed by atoms with Crippen LogP contribution < -0.4 is 0 Å². The molecule has 2 aromatic carbocycles. The number of para-hydroxylation sites is 1. The second-order valence-corrected chi connectivity index (χ2v) is 7.92. The summed E-state index contributed by atoms with van der Waals surface area (Å²) in [5, 5.41) is 1.20. The van der Waals surface area contributed by atoms with Crippen LogP contribution >= 0.6 is 0 Å². The number of aromatic nitrogens is 2. The van der Waals surface area contributed by atoms with Gasteiger partial charge in [0.05, 0.1) is 11.6 Å². The second-order valence-electron chi connectivity index (χ2n) is 7.92. The quantitative estimate of drug-likeness (QED) is 0.469. The van der Waals surface area contributed by atoms with E-state index in [4.69, 9.17) is 4.98 Å². The lowest BCUT2D eigenvalue weighted by atomic mass is 9.91. The Kier molecular flexibility index (Phi) is 3.73. The van der Waals surface area contributed by atoms with Crippen molar-refractivity contribution in [2.45, 2.75) is 24.4 Å². The third kappa shape index (κ3) is 2.82. The van der Waals surface area contributed by atoms with Crippen LogP contribution in [0.5, 0.6) is 0 Å². The Morgan fingerprint density at radius 2 is 1.76 bits per heavy atom. The molecule has 3 nitrogen and oxygen atoms in total. The van der Waals surface area contributed by atoms with Crippen LogP contribution in [0.15, 0.2) is 91.4 Å². The molecule has 1 fully saturated rings. The molecule has 6 rings (SSSR count). The van der Waals surface area contributed by atoms with E-state index in [0.29, 0.717) is 12.0 Å². The SMILES string of the molecule is C1=CN(C2CC2c2ccc3ccccc3n2)C(c2cccnc2)c2ccccc21. The highest BCUT2D eigenvalue weighted by molar-refractivity contribution is 5.78. The first-order chi connectivity index (χ1) is 14.4. The first-order valence-corrected chi connectivity index (χ1v) is 10.2. The number of benzene rings is 2. The smallest absolute Gasteiger partial charge is 0.0814 e. The van der Waals surface area contributed by atoms with Gasteiger partial charge in [0.1, 0.15) is 0 Å². The molecule has 1 saturated carbocycles. The number of pyridine rings is 2. The Labute approximate surface area is 170 Å². The van der Waals surface area contributed by atoms with Crippen LogP contribution in [0.4, 0.5) is 0 Å². The van der Waals surface area contributed by atoms with Crippen molar-refractivity contribution in [2.75, 3.05) is 0 Å². The van der Waals surface area contributed by atoms with Gasteiger partial charge in [0.25, 0.3) is 0 Å². The lowest BCUT2D eigenvalue weighted by Gasteiger charge is -2.35.